The number of halogens is 1. The molecule has 0 spiro atoms. The van der Waals surface area contributed by atoms with E-state index in [1.54, 1.807) is 6.20 Å². The molecule has 2 aromatic carbocycles. The third-order valence-corrected chi connectivity index (χ3v) is 6.52. The minimum Gasteiger partial charge on any atom is -0.488 e. The van der Waals surface area contributed by atoms with E-state index in [2.05, 4.69) is 10.2 Å². The molecule has 4 atom stereocenters. The zero-order chi connectivity index (χ0) is 20.0. The smallest absolute Gasteiger partial charge is 0.227 e. The van der Waals surface area contributed by atoms with Gasteiger partial charge in [0.2, 0.25) is 5.91 Å². The Morgan fingerprint density at radius 2 is 1.86 bits per heavy atom. The van der Waals surface area contributed by atoms with Gasteiger partial charge in [-0.25, -0.2) is 0 Å². The SMILES string of the molecule is CN(C(=O)Cc1ccc(Cl)cc1)C1[C@H]2CC(Oc3cnnc4ccccc34)C[C@@H]12. The van der Waals surface area contributed by atoms with Gasteiger partial charge in [-0.05, 0) is 54.5 Å². The molecule has 0 radical (unpaired) electrons. The van der Waals surface area contributed by atoms with Crippen molar-refractivity contribution in [1.29, 1.82) is 0 Å². The summed E-state index contributed by atoms with van der Waals surface area (Å²) in [5, 5.41) is 9.90. The molecule has 2 aliphatic carbocycles. The first-order valence-corrected chi connectivity index (χ1v) is 10.3. The predicted octanol–water partition coefficient (Wildman–Crippen LogP) is 4.14. The molecule has 0 saturated heterocycles. The van der Waals surface area contributed by atoms with E-state index in [0.29, 0.717) is 29.3 Å². The Morgan fingerprint density at radius 3 is 2.62 bits per heavy atom. The number of ether oxygens (including phenoxy) is 1. The summed E-state index contributed by atoms with van der Waals surface area (Å²) in [6, 6.07) is 15.7. The lowest BCUT2D eigenvalue weighted by Crippen LogP contribution is -2.34. The highest BCUT2D eigenvalue weighted by atomic mass is 35.5. The van der Waals surface area contributed by atoms with Crippen LogP contribution in [0.15, 0.2) is 54.7 Å². The number of carbonyl (C=O) groups excluding carboxylic acids is 1. The predicted molar refractivity (Wildman–Crippen MR) is 112 cm³/mol. The van der Waals surface area contributed by atoms with E-state index in [4.69, 9.17) is 16.3 Å². The van der Waals surface area contributed by atoms with Crippen LogP contribution < -0.4 is 4.74 Å². The van der Waals surface area contributed by atoms with Crippen molar-refractivity contribution in [2.75, 3.05) is 7.05 Å². The van der Waals surface area contributed by atoms with Gasteiger partial charge in [-0.15, -0.1) is 0 Å². The highest BCUT2D eigenvalue weighted by Crippen LogP contribution is 2.55. The zero-order valence-corrected chi connectivity index (χ0v) is 16.9. The van der Waals surface area contributed by atoms with Gasteiger partial charge < -0.3 is 9.64 Å². The Morgan fingerprint density at radius 1 is 1.14 bits per heavy atom. The highest BCUT2D eigenvalue weighted by molar-refractivity contribution is 6.30. The number of benzene rings is 2. The van der Waals surface area contributed by atoms with Crippen LogP contribution in [0.1, 0.15) is 18.4 Å². The van der Waals surface area contributed by atoms with Crippen LogP contribution in [-0.4, -0.2) is 40.2 Å². The van der Waals surface area contributed by atoms with Crippen LogP contribution in [0.5, 0.6) is 5.75 Å². The van der Waals surface area contributed by atoms with Gasteiger partial charge in [-0.1, -0.05) is 35.9 Å². The first-order valence-electron chi connectivity index (χ1n) is 9.97. The van der Waals surface area contributed by atoms with Crippen LogP contribution in [0.4, 0.5) is 0 Å². The number of aromatic nitrogens is 2. The molecule has 0 bridgehead atoms. The lowest BCUT2D eigenvalue weighted by molar-refractivity contribution is -0.130. The highest BCUT2D eigenvalue weighted by Gasteiger charge is 2.59. The van der Waals surface area contributed by atoms with Crippen LogP contribution in [0, 0.1) is 11.8 Å². The third-order valence-electron chi connectivity index (χ3n) is 6.27. The second kappa shape index (κ2) is 7.30. The summed E-state index contributed by atoms with van der Waals surface area (Å²) in [7, 11) is 1.93. The van der Waals surface area contributed by atoms with Crippen molar-refractivity contribution in [2.24, 2.45) is 11.8 Å². The quantitative estimate of drug-likeness (QED) is 0.637. The molecule has 29 heavy (non-hydrogen) atoms. The summed E-state index contributed by atoms with van der Waals surface area (Å²) in [6.07, 6.45) is 4.24. The normalized spacial score (nSPS) is 24.9. The van der Waals surface area contributed by atoms with Gasteiger partial charge in [-0.3, -0.25) is 4.79 Å². The maximum absolute atomic E-state index is 12.7. The summed E-state index contributed by atoms with van der Waals surface area (Å²) in [6.45, 7) is 0. The molecule has 3 aromatic rings. The van der Waals surface area contributed by atoms with Gasteiger partial charge in [-0.2, -0.15) is 10.2 Å². The number of amides is 1. The van der Waals surface area contributed by atoms with E-state index >= 15 is 0 Å². The van der Waals surface area contributed by atoms with Crippen molar-refractivity contribution in [3.63, 3.8) is 0 Å². The van der Waals surface area contributed by atoms with Crippen molar-refractivity contribution < 1.29 is 9.53 Å². The lowest BCUT2D eigenvalue weighted by Gasteiger charge is -2.23. The molecule has 2 aliphatic rings. The molecule has 1 heterocycles. The summed E-state index contributed by atoms with van der Waals surface area (Å²) in [5.41, 5.74) is 1.84. The summed E-state index contributed by atoms with van der Waals surface area (Å²) in [4.78, 5) is 14.6. The number of hydrogen-bond acceptors (Lipinski definition) is 4. The third kappa shape index (κ3) is 3.55. The number of fused-ring (bicyclic) bond motifs is 2. The molecule has 2 unspecified atom stereocenters. The Labute approximate surface area is 174 Å². The van der Waals surface area contributed by atoms with Crippen molar-refractivity contribution in [2.45, 2.75) is 31.4 Å². The summed E-state index contributed by atoms with van der Waals surface area (Å²) < 4.78 is 6.27. The molecule has 6 heteroatoms. The Kier molecular flexibility index (Phi) is 4.63. The fourth-order valence-corrected chi connectivity index (χ4v) is 4.88. The summed E-state index contributed by atoms with van der Waals surface area (Å²) in [5.74, 6) is 2.01. The zero-order valence-electron chi connectivity index (χ0n) is 16.2. The minimum absolute atomic E-state index is 0.161. The van der Waals surface area contributed by atoms with Gasteiger partial charge in [0.25, 0.3) is 0 Å². The van der Waals surface area contributed by atoms with Gasteiger partial charge in [0.15, 0.2) is 0 Å². The van der Waals surface area contributed by atoms with E-state index < -0.39 is 0 Å². The maximum atomic E-state index is 12.7. The van der Waals surface area contributed by atoms with E-state index in [1.165, 1.54) is 0 Å². The maximum Gasteiger partial charge on any atom is 0.227 e. The van der Waals surface area contributed by atoms with Crippen LogP contribution in [0.3, 0.4) is 0 Å². The number of hydrogen-bond donors (Lipinski definition) is 0. The molecule has 148 valence electrons. The van der Waals surface area contributed by atoms with Gasteiger partial charge in [0.1, 0.15) is 5.75 Å². The molecule has 1 amide bonds. The van der Waals surface area contributed by atoms with Crippen LogP contribution >= 0.6 is 11.6 Å². The van der Waals surface area contributed by atoms with Crippen LogP contribution in [0.2, 0.25) is 5.02 Å². The number of likely N-dealkylation sites (N-methyl/N-ethyl adjacent to an activating group) is 1. The second-order valence-electron chi connectivity index (χ2n) is 8.06. The van der Waals surface area contributed by atoms with Crippen LogP contribution in [-0.2, 0) is 11.2 Å². The first-order chi connectivity index (χ1) is 14.1. The fourth-order valence-electron chi connectivity index (χ4n) is 4.75. The standard InChI is InChI=1S/C23H22ClN3O2/c1-27(22(28)10-14-6-8-15(24)9-7-14)23-18-11-16(12-19(18)23)29-21-13-25-26-20-5-3-2-4-17(20)21/h2-9,13,16,18-19,23H,10-12H2,1H3/t16?,18-,19+,23?. The molecule has 0 N–H and O–H groups in total. The Hall–Kier alpha value is -2.66. The summed E-state index contributed by atoms with van der Waals surface area (Å²) >= 11 is 5.93. The van der Waals surface area contributed by atoms with Crippen molar-refractivity contribution in [3.05, 3.63) is 65.3 Å². The Bertz CT molecular complexity index is 1040. The van der Waals surface area contributed by atoms with E-state index in [0.717, 1.165) is 35.1 Å². The molecule has 5 rings (SSSR count). The van der Waals surface area contributed by atoms with Crippen molar-refractivity contribution >= 4 is 28.4 Å². The number of rotatable bonds is 5. The minimum atomic E-state index is 0.161. The molecule has 1 aromatic heterocycles. The average Bonchev–Trinajstić information content (AvgIpc) is 3.24. The number of nitrogens with zero attached hydrogens (tertiary/aromatic N) is 3. The van der Waals surface area contributed by atoms with Crippen molar-refractivity contribution in [1.82, 2.24) is 15.1 Å². The Balaban J connectivity index is 1.18. The largest absolute Gasteiger partial charge is 0.488 e. The van der Waals surface area contributed by atoms with E-state index in [9.17, 15) is 4.79 Å². The van der Waals surface area contributed by atoms with Gasteiger partial charge >= 0.3 is 0 Å². The molecule has 2 fully saturated rings. The monoisotopic (exact) mass is 407 g/mol. The average molecular weight is 408 g/mol. The van der Waals surface area contributed by atoms with E-state index in [-0.39, 0.29) is 12.0 Å². The molecular formula is C23H22ClN3O2. The van der Waals surface area contributed by atoms with Crippen LogP contribution in [0.25, 0.3) is 10.9 Å². The molecular weight excluding hydrogens is 386 g/mol. The van der Waals surface area contributed by atoms with Gasteiger partial charge in [0, 0.05) is 23.5 Å². The molecule has 0 aliphatic heterocycles. The molecule has 2 saturated carbocycles. The van der Waals surface area contributed by atoms with Gasteiger partial charge in [0.05, 0.1) is 24.2 Å². The first kappa shape index (κ1) is 18.4. The second-order valence-corrected chi connectivity index (χ2v) is 8.50. The molecule has 5 nitrogen and oxygen atoms in total. The van der Waals surface area contributed by atoms with Crippen molar-refractivity contribution in [3.8, 4) is 5.75 Å². The lowest BCUT2D eigenvalue weighted by atomic mass is 10.1. The number of carbonyl (C=O) groups is 1. The topological polar surface area (TPSA) is 55.3 Å². The fraction of sp³-hybridized carbons (Fsp3) is 0.348. The van der Waals surface area contributed by atoms with E-state index in [1.807, 2.05) is 60.5 Å².